The van der Waals surface area contributed by atoms with Crippen molar-refractivity contribution in [2.45, 2.75) is 35.7 Å². The van der Waals surface area contributed by atoms with Crippen molar-refractivity contribution in [2.75, 3.05) is 0 Å². The fourth-order valence-electron chi connectivity index (χ4n) is 3.56. The summed E-state index contributed by atoms with van der Waals surface area (Å²) >= 11 is 4.97. The smallest absolute Gasteiger partial charge is 0.194 e. The highest BCUT2D eigenvalue weighted by Crippen LogP contribution is 2.77. The number of halogens is 12. The number of fused-ring (bicyclic) bond motifs is 2. The molecular weight excluding hydrogens is 377 g/mol. The summed E-state index contributed by atoms with van der Waals surface area (Å²) in [5.74, 6) is -11.5. The van der Waals surface area contributed by atoms with Gasteiger partial charge in [-0.05, 0) is 6.42 Å². The van der Waals surface area contributed by atoms with Crippen molar-refractivity contribution in [1.82, 2.24) is 0 Å². The lowest BCUT2D eigenvalue weighted by Gasteiger charge is -2.51. The molecule has 0 amide bonds. The van der Waals surface area contributed by atoms with Gasteiger partial charge < -0.3 is 0 Å². The van der Waals surface area contributed by atoms with Gasteiger partial charge in [0.25, 0.3) is 0 Å². The maximum atomic E-state index is 13.7. The van der Waals surface area contributed by atoms with E-state index in [0.29, 0.717) is 12.2 Å². The fraction of sp³-hybridized carbons (Fsp3) is 0.818. The van der Waals surface area contributed by atoms with Gasteiger partial charge in [-0.1, -0.05) is 12.2 Å². The van der Waals surface area contributed by atoms with Gasteiger partial charge in [-0.2, -0.15) is 48.3 Å². The molecule has 1 fully saturated rings. The van der Waals surface area contributed by atoms with Crippen LogP contribution in [0.25, 0.3) is 0 Å². The van der Waals surface area contributed by atoms with Crippen molar-refractivity contribution in [3.8, 4) is 0 Å². The van der Waals surface area contributed by atoms with Crippen LogP contribution in [0.15, 0.2) is 12.2 Å². The lowest BCUT2D eigenvalue weighted by Crippen LogP contribution is -2.73. The normalized spacial score (nSPS) is 34.3. The molecule has 0 saturated heterocycles. The minimum absolute atomic E-state index is 0.346. The van der Waals surface area contributed by atoms with Crippen LogP contribution >= 0.6 is 11.6 Å². The molecule has 0 N–H and O–H groups in total. The van der Waals surface area contributed by atoms with Gasteiger partial charge in [0.1, 0.15) is 4.87 Å². The maximum Gasteiger partial charge on any atom is 0.455 e. The zero-order chi connectivity index (χ0) is 18.3. The predicted octanol–water partition coefficient (Wildman–Crippen LogP) is 5.48. The van der Waals surface area contributed by atoms with Gasteiger partial charge in [-0.15, -0.1) is 11.6 Å². The van der Waals surface area contributed by atoms with E-state index in [4.69, 9.17) is 11.6 Å². The third-order valence-electron chi connectivity index (χ3n) is 4.43. The van der Waals surface area contributed by atoms with E-state index in [1.165, 1.54) is 0 Å². The van der Waals surface area contributed by atoms with E-state index in [1.807, 2.05) is 0 Å². The SMILES string of the molecule is FC(F)(F)C(F)(F)C1(Cl)C2C=CC(C2)C1(C(F)(F)F)C(F)(F)F. The molecule has 2 rings (SSSR count). The van der Waals surface area contributed by atoms with Gasteiger partial charge in [0.15, 0.2) is 5.41 Å². The summed E-state index contributed by atoms with van der Waals surface area (Å²) in [5, 5.41) is 0. The average molecular weight is 383 g/mol. The molecule has 0 heterocycles. The number of alkyl halides is 12. The molecule has 2 aliphatic rings. The summed E-state index contributed by atoms with van der Waals surface area (Å²) in [7, 11) is 0. The third kappa shape index (κ3) is 1.85. The monoisotopic (exact) mass is 382 g/mol. The minimum atomic E-state index is -6.69. The molecule has 0 aromatic rings. The second-order valence-electron chi connectivity index (χ2n) is 5.42. The van der Waals surface area contributed by atoms with Gasteiger partial charge >= 0.3 is 24.5 Å². The Bertz CT molecular complexity index is 512. The van der Waals surface area contributed by atoms with Gasteiger partial charge in [-0.25, -0.2) is 0 Å². The predicted molar refractivity (Wildman–Crippen MR) is 54.9 cm³/mol. The molecule has 0 aromatic carbocycles. The van der Waals surface area contributed by atoms with Crippen LogP contribution in [0.3, 0.4) is 0 Å². The molecule has 134 valence electrons. The molecule has 3 unspecified atom stereocenters. The second-order valence-corrected chi connectivity index (χ2v) is 6.02. The molecule has 12 heteroatoms. The van der Waals surface area contributed by atoms with E-state index >= 15 is 0 Å². The van der Waals surface area contributed by atoms with Crippen molar-refractivity contribution in [2.24, 2.45) is 17.3 Å². The number of hydrogen-bond acceptors (Lipinski definition) is 0. The van der Waals surface area contributed by atoms with Crippen molar-refractivity contribution < 1.29 is 48.3 Å². The Balaban J connectivity index is 2.87. The molecule has 0 radical (unpaired) electrons. The first-order chi connectivity index (χ1) is 9.96. The summed E-state index contributed by atoms with van der Waals surface area (Å²) in [6.07, 6.45) is -20.0. The van der Waals surface area contributed by atoms with Crippen LogP contribution in [0, 0.1) is 17.3 Å². The highest BCUT2D eigenvalue weighted by molar-refractivity contribution is 6.26. The Kier molecular flexibility index (Phi) is 3.60. The summed E-state index contributed by atoms with van der Waals surface area (Å²) in [5.41, 5.74) is -5.41. The molecule has 0 aliphatic heterocycles. The topological polar surface area (TPSA) is 0 Å². The zero-order valence-electron chi connectivity index (χ0n) is 10.6. The van der Waals surface area contributed by atoms with Crippen molar-refractivity contribution in [3.05, 3.63) is 12.2 Å². The van der Waals surface area contributed by atoms with E-state index < -0.39 is 53.0 Å². The molecule has 0 spiro atoms. The molecule has 23 heavy (non-hydrogen) atoms. The first kappa shape index (κ1) is 18.6. The van der Waals surface area contributed by atoms with Gasteiger partial charge in [-0.3, -0.25) is 0 Å². The lowest BCUT2D eigenvalue weighted by molar-refractivity contribution is -0.396. The van der Waals surface area contributed by atoms with Crippen molar-refractivity contribution in [3.63, 3.8) is 0 Å². The van der Waals surface area contributed by atoms with Gasteiger partial charge in [0.05, 0.1) is 0 Å². The highest BCUT2D eigenvalue weighted by atomic mass is 35.5. The van der Waals surface area contributed by atoms with E-state index in [9.17, 15) is 48.3 Å². The Morgan fingerprint density at radius 2 is 1.13 bits per heavy atom. The fourth-order valence-corrected chi connectivity index (χ4v) is 4.18. The van der Waals surface area contributed by atoms with Gasteiger partial charge in [0, 0.05) is 11.8 Å². The lowest BCUT2D eigenvalue weighted by atomic mass is 9.63. The maximum absolute atomic E-state index is 13.7. The van der Waals surface area contributed by atoms with Crippen LogP contribution < -0.4 is 0 Å². The van der Waals surface area contributed by atoms with Crippen molar-refractivity contribution in [1.29, 1.82) is 0 Å². The van der Waals surface area contributed by atoms with Crippen LogP contribution in [0.4, 0.5) is 48.3 Å². The molecule has 0 nitrogen and oxygen atoms in total. The Morgan fingerprint density at radius 1 is 0.739 bits per heavy atom. The first-order valence-electron chi connectivity index (χ1n) is 5.91. The van der Waals surface area contributed by atoms with Crippen LogP contribution in [0.2, 0.25) is 0 Å². The van der Waals surface area contributed by atoms with E-state index in [2.05, 4.69) is 0 Å². The molecular formula is C11H6ClF11. The quantitative estimate of drug-likeness (QED) is 0.320. The molecule has 1 saturated carbocycles. The summed E-state index contributed by atoms with van der Waals surface area (Å²) in [6, 6.07) is 0. The van der Waals surface area contributed by atoms with Crippen molar-refractivity contribution >= 4 is 11.6 Å². The van der Waals surface area contributed by atoms with E-state index in [0.717, 1.165) is 0 Å². The van der Waals surface area contributed by atoms with Crippen LogP contribution in [-0.4, -0.2) is 29.3 Å². The Hall–Kier alpha value is -0.740. The standard InChI is InChI=1S/C11H6ClF11/c12-7(8(13,14)11(21,22)23)5-2-1-4(3-5)6(7,9(15,16)17)10(18,19)20/h1-2,4-5H,3H2. The number of allylic oxidation sites excluding steroid dienone is 2. The summed E-state index contributed by atoms with van der Waals surface area (Å²) in [4.78, 5) is -4.95. The zero-order valence-corrected chi connectivity index (χ0v) is 11.3. The Labute approximate surface area is 126 Å². The average Bonchev–Trinajstić information content (AvgIpc) is 2.82. The second kappa shape index (κ2) is 4.45. The number of hydrogen-bond donors (Lipinski definition) is 0. The highest BCUT2D eigenvalue weighted by Gasteiger charge is 2.94. The first-order valence-corrected chi connectivity index (χ1v) is 6.29. The van der Waals surface area contributed by atoms with Crippen LogP contribution in [-0.2, 0) is 0 Å². The van der Waals surface area contributed by atoms with Gasteiger partial charge in [0.2, 0.25) is 0 Å². The Morgan fingerprint density at radius 3 is 1.48 bits per heavy atom. The number of rotatable bonds is 1. The molecule has 2 aliphatic carbocycles. The largest absolute Gasteiger partial charge is 0.455 e. The molecule has 0 aromatic heterocycles. The third-order valence-corrected chi connectivity index (χ3v) is 5.25. The summed E-state index contributed by atoms with van der Waals surface area (Å²) < 4.78 is 145. The van der Waals surface area contributed by atoms with Crippen LogP contribution in [0.5, 0.6) is 0 Å². The van der Waals surface area contributed by atoms with Crippen LogP contribution in [0.1, 0.15) is 6.42 Å². The minimum Gasteiger partial charge on any atom is -0.194 e. The van der Waals surface area contributed by atoms with E-state index in [-0.39, 0.29) is 0 Å². The molecule has 3 atom stereocenters. The van der Waals surface area contributed by atoms with E-state index in [1.54, 1.807) is 0 Å². The molecule has 2 bridgehead atoms. The summed E-state index contributed by atoms with van der Waals surface area (Å²) in [6.45, 7) is 0.